The highest BCUT2D eigenvalue weighted by Gasteiger charge is 2.50. The van der Waals surface area contributed by atoms with Crippen LogP contribution in [0, 0.1) is 24.7 Å². The lowest BCUT2D eigenvalue weighted by Gasteiger charge is -2.25. The van der Waals surface area contributed by atoms with Crippen LogP contribution < -0.4 is 9.64 Å². The highest BCUT2D eigenvalue weighted by molar-refractivity contribution is 6.22. The summed E-state index contributed by atoms with van der Waals surface area (Å²) in [5.41, 5.74) is 1.97. The number of nitrogens with zero attached hydrogens (tertiary/aromatic N) is 1. The summed E-state index contributed by atoms with van der Waals surface area (Å²) in [4.78, 5) is 39.4. The first-order valence-corrected chi connectivity index (χ1v) is 9.71. The molecule has 144 valence electrons. The van der Waals surface area contributed by atoms with Crippen LogP contribution in [0.2, 0.25) is 0 Å². The first-order valence-electron chi connectivity index (χ1n) is 9.71. The van der Waals surface area contributed by atoms with E-state index in [1.165, 1.54) is 4.90 Å². The largest absolute Gasteiger partial charge is 0.423 e. The molecule has 0 unspecified atom stereocenters. The van der Waals surface area contributed by atoms with Gasteiger partial charge in [-0.25, -0.2) is 9.69 Å². The molecule has 5 heteroatoms. The van der Waals surface area contributed by atoms with Crippen molar-refractivity contribution in [2.24, 2.45) is 17.8 Å². The minimum atomic E-state index is -0.473. The average molecular weight is 377 g/mol. The molecule has 1 aliphatic carbocycles. The van der Waals surface area contributed by atoms with Crippen molar-refractivity contribution in [2.45, 2.75) is 33.1 Å². The molecule has 0 aromatic heterocycles. The van der Waals surface area contributed by atoms with Crippen LogP contribution >= 0.6 is 0 Å². The van der Waals surface area contributed by atoms with Crippen molar-refractivity contribution >= 4 is 23.5 Å². The second kappa shape index (κ2) is 7.23. The third-order valence-corrected chi connectivity index (χ3v) is 5.76. The monoisotopic (exact) mass is 377 g/mol. The zero-order valence-corrected chi connectivity index (χ0v) is 16.1. The fourth-order valence-electron chi connectivity index (χ4n) is 4.19. The van der Waals surface area contributed by atoms with Crippen LogP contribution in [0.3, 0.4) is 0 Å². The molecule has 5 nitrogen and oxygen atoms in total. The number of amides is 2. The maximum Gasteiger partial charge on any atom is 0.343 e. The lowest BCUT2D eigenvalue weighted by atomic mass is 9.76. The molecule has 0 radical (unpaired) electrons. The number of rotatable bonds is 3. The molecule has 1 saturated heterocycles. The van der Waals surface area contributed by atoms with Crippen LogP contribution in [0.5, 0.6) is 5.75 Å². The Morgan fingerprint density at radius 3 is 2.46 bits per heavy atom. The Bertz CT molecular complexity index is 934. The Morgan fingerprint density at radius 1 is 1.00 bits per heavy atom. The van der Waals surface area contributed by atoms with Crippen molar-refractivity contribution in [1.82, 2.24) is 0 Å². The molecule has 2 fully saturated rings. The summed E-state index contributed by atoms with van der Waals surface area (Å²) in [5, 5.41) is 0. The first-order chi connectivity index (χ1) is 13.4. The zero-order chi connectivity index (χ0) is 19.8. The summed E-state index contributed by atoms with van der Waals surface area (Å²) in [7, 11) is 0. The average Bonchev–Trinajstić information content (AvgIpc) is 2.92. The SMILES string of the molecule is Cc1ccc(C(=O)Oc2cccc(N3C(=O)[C@H]4CC[C@@H](C)C[C@@H]4C3=O)c2)cc1. The van der Waals surface area contributed by atoms with Gasteiger partial charge in [0.2, 0.25) is 11.8 Å². The number of fused-ring (bicyclic) bond motifs is 1. The topological polar surface area (TPSA) is 63.7 Å². The number of ether oxygens (including phenoxy) is 1. The molecule has 2 aromatic rings. The second-order valence-electron chi connectivity index (χ2n) is 7.90. The molecule has 2 aromatic carbocycles. The van der Waals surface area contributed by atoms with Gasteiger partial charge in [0.1, 0.15) is 5.75 Å². The fourth-order valence-corrected chi connectivity index (χ4v) is 4.19. The van der Waals surface area contributed by atoms with Crippen LogP contribution in [-0.4, -0.2) is 17.8 Å². The van der Waals surface area contributed by atoms with Gasteiger partial charge in [0.15, 0.2) is 0 Å². The van der Waals surface area contributed by atoms with E-state index in [1.54, 1.807) is 36.4 Å². The van der Waals surface area contributed by atoms with Gasteiger partial charge in [-0.15, -0.1) is 0 Å². The van der Waals surface area contributed by atoms with Crippen molar-refractivity contribution in [2.75, 3.05) is 4.90 Å². The van der Waals surface area contributed by atoms with E-state index in [-0.39, 0.29) is 23.7 Å². The highest BCUT2D eigenvalue weighted by Crippen LogP contribution is 2.42. The molecule has 0 spiro atoms. The standard InChI is InChI=1S/C23H23NO4/c1-14-6-9-16(10-7-14)23(27)28-18-5-3-4-17(13-18)24-21(25)19-11-8-15(2)12-20(19)22(24)26/h3-7,9-10,13,15,19-20H,8,11-12H2,1-2H3/t15-,19+,20+/m1/s1. The normalized spacial score (nSPS) is 24.2. The lowest BCUT2D eigenvalue weighted by Crippen LogP contribution is -2.30. The van der Waals surface area contributed by atoms with Gasteiger partial charge in [0.25, 0.3) is 0 Å². The molecular formula is C23H23NO4. The van der Waals surface area contributed by atoms with Gasteiger partial charge in [0.05, 0.1) is 23.1 Å². The summed E-state index contributed by atoms with van der Waals surface area (Å²) >= 11 is 0. The number of imide groups is 1. The molecule has 2 amide bonds. The van der Waals surface area contributed by atoms with Gasteiger partial charge in [0, 0.05) is 6.07 Å². The number of esters is 1. The third kappa shape index (κ3) is 3.33. The summed E-state index contributed by atoms with van der Waals surface area (Å²) in [6.07, 6.45) is 2.49. The Balaban J connectivity index is 1.55. The van der Waals surface area contributed by atoms with Crippen molar-refractivity contribution in [1.29, 1.82) is 0 Å². The van der Waals surface area contributed by atoms with Crippen LogP contribution in [-0.2, 0) is 9.59 Å². The van der Waals surface area contributed by atoms with E-state index < -0.39 is 5.97 Å². The molecule has 1 aliphatic heterocycles. The molecule has 28 heavy (non-hydrogen) atoms. The Hall–Kier alpha value is -2.95. The predicted molar refractivity (Wildman–Crippen MR) is 105 cm³/mol. The maximum atomic E-state index is 12.9. The van der Waals surface area contributed by atoms with Crippen molar-refractivity contribution in [3.05, 3.63) is 59.7 Å². The summed E-state index contributed by atoms with van der Waals surface area (Å²) in [5.74, 6) is -0.421. The Labute approximate surface area is 164 Å². The van der Waals surface area contributed by atoms with E-state index in [1.807, 2.05) is 19.1 Å². The molecule has 2 aliphatic rings. The number of hydrogen-bond donors (Lipinski definition) is 0. The van der Waals surface area contributed by atoms with Crippen LogP contribution in [0.15, 0.2) is 48.5 Å². The molecule has 1 saturated carbocycles. The summed E-state index contributed by atoms with van der Waals surface area (Å²) < 4.78 is 5.46. The minimum absolute atomic E-state index is 0.135. The van der Waals surface area contributed by atoms with E-state index in [0.29, 0.717) is 22.9 Å². The lowest BCUT2D eigenvalue weighted by molar-refractivity contribution is -0.122. The predicted octanol–water partition coefficient (Wildman–Crippen LogP) is 4.14. The quantitative estimate of drug-likeness (QED) is 0.458. The molecule has 1 heterocycles. The maximum absolute atomic E-state index is 12.9. The van der Waals surface area contributed by atoms with Crippen molar-refractivity contribution in [3.8, 4) is 5.75 Å². The van der Waals surface area contributed by atoms with Crippen molar-refractivity contribution < 1.29 is 19.1 Å². The van der Waals surface area contributed by atoms with Gasteiger partial charge in [-0.3, -0.25) is 9.59 Å². The smallest absolute Gasteiger partial charge is 0.343 e. The molecule has 3 atom stereocenters. The van der Waals surface area contributed by atoms with Gasteiger partial charge >= 0.3 is 5.97 Å². The fraction of sp³-hybridized carbons (Fsp3) is 0.348. The Kier molecular flexibility index (Phi) is 4.75. The van der Waals surface area contributed by atoms with Crippen LogP contribution in [0.4, 0.5) is 5.69 Å². The summed E-state index contributed by atoms with van der Waals surface area (Å²) in [6, 6.07) is 13.7. The van der Waals surface area contributed by atoms with E-state index in [9.17, 15) is 14.4 Å². The molecule has 0 bridgehead atoms. The van der Waals surface area contributed by atoms with Gasteiger partial charge < -0.3 is 4.74 Å². The molecule has 4 rings (SSSR count). The molecule has 0 N–H and O–H groups in total. The van der Waals surface area contributed by atoms with Gasteiger partial charge in [-0.05, 0) is 56.4 Å². The van der Waals surface area contributed by atoms with Crippen molar-refractivity contribution in [3.63, 3.8) is 0 Å². The molecular weight excluding hydrogens is 354 g/mol. The Morgan fingerprint density at radius 2 is 1.71 bits per heavy atom. The van der Waals surface area contributed by atoms with Crippen LogP contribution in [0.25, 0.3) is 0 Å². The second-order valence-corrected chi connectivity index (χ2v) is 7.90. The van der Waals surface area contributed by atoms with E-state index in [2.05, 4.69) is 6.92 Å². The van der Waals surface area contributed by atoms with E-state index >= 15 is 0 Å². The number of hydrogen-bond acceptors (Lipinski definition) is 4. The van der Waals surface area contributed by atoms with Gasteiger partial charge in [-0.1, -0.05) is 30.7 Å². The first kappa shape index (κ1) is 18.4. The minimum Gasteiger partial charge on any atom is -0.423 e. The van der Waals surface area contributed by atoms with E-state index in [4.69, 9.17) is 4.74 Å². The summed E-state index contributed by atoms with van der Waals surface area (Å²) in [6.45, 7) is 4.07. The van der Waals surface area contributed by atoms with Crippen LogP contribution in [0.1, 0.15) is 42.1 Å². The van der Waals surface area contributed by atoms with Gasteiger partial charge in [-0.2, -0.15) is 0 Å². The zero-order valence-electron chi connectivity index (χ0n) is 16.1. The number of carbonyl (C=O) groups is 3. The third-order valence-electron chi connectivity index (χ3n) is 5.76. The number of carbonyl (C=O) groups excluding carboxylic acids is 3. The number of aryl methyl sites for hydroxylation is 1. The van der Waals surface area contributed by atoms with E-state index in [0.717, 1.165) is 24.8 Å². The number of benzene rings is 2. The highest BCUT2D eigenvalue weighted by atomic mass is 16.5. The number of anilines is 1.